The summed E-state index contributed by atoms with van der Waals surface area (Å²) in [7, 11) is 0. The smallest absolute Gasteiger partial charge is 0.174 e. The van der Waals surface area contributed by atoms with Crippen LogP contribution in [0, 0.1) is 5.92 Å². The molecule has 1 aromatic rings. The average Bonchev–Trinajstić information content (AvgIpc) is 3.52. The quantitative estimate of drug-likeness (QED) is 0.606. The number of aliphatic hydroxyl groups is 1. The summed E-state index contributed by atoms with van der Waals surface area (Å²) in [4.78, 5) is 15.5. The summed E-state index contributed by atoms with van der Waals surface area (Å²) in [5.41, 5.74) is 0.938. The van der Waals surface area contributed by atoms with Crippen molar-refractivity contribution in [3.8, 4) is 11.5 Å². The molecule has 1 saturated heterocycles. The third kappa shape index (κ3) is 1.50. The fourth-order valence-corrected chi connectivity index (χ4v) is 7.35. The number of carbonyl (C=O) groups excluding carboxylic acids is 1. The molecule has 4 fully saturated rings. The Hall–Kier alpha value is -1.59. The molecule has 7 rings (SSSR count). The third-order valence-electron chi connectivity index (χ3n) is 8.65. The largest absolute Gasteiger partial charge is 0.490 e. The van der Waals surface area contributed by atoms with Gasteiger partial charge in [0.05, 0.1) is 29.2 Å². The van der Waals surface area contributed by atoms with Crippen molar-refractivity contribution in [2.24, 2.45) is 5.92 Å². The number of hydrogen-bond donors (Lipinski definition) is 1. The topological polar surface area (TPSA) is 58.8 Å². The first kappa shape index (κ1) is 16.2. The van der Waals surface area contributed by atoms with Gasteiger partial charge in [0, 0.05) is 18.5 Å². The minimum absolute atomic E-state index is 0.0734. The van der Waals surface area contributed by atoms with Gasteiger partial charge in [-0.05, 0) is 49.7 Å². The molecule has 0 amide bonds. The Bertz CT molecular complexity index is 925. The highest BCUT2D eigenvalue weighted by Crippen LogP contribution is 2.82. The van der Waals surface area contributed by atoms with Gasteiger partial charge in [-0.3, -0.25) is 9.69 Å². The van der Waals surface area contributed by atoms with Gasteiger partial charge in [-0.1, -0.05) is 19.4 Å². The average molecular weight is 381 g/mol. The van der Waals surface area contributed by atoms with Crippen LogP contribution < -0.4 is 9.47 Å². The number of nitrogens with zero attached hydrogens (tertiary/aromatic N) is 1. The molecule has 2 aliphatic heterocycles. The summed E-state index contributed by atoms with van der Waals surface area (Å²) >= 11 is 0. The SMILES string of the molecule is CCCCOc1ccc2c3c1OC1C(=O)CC[C@@]4(O)[C@@H]5N(CC6CC6)C25C[C@]314. The number of hydrogen-bond acceptors (Lipinski definition) is 5. The fraction of sp³-hybridized carbons (Fsp3) is 0.696. The standard InChI is InChI=1S/C23H27NO4/c1-2-3-10-27-16-7-6-14-17-18(16)28-19-15(25)8-9-23(26)20-22(14,12-21(17,19)23)24(20)11-13-4-5-13/h6-7,13,19-20,26H,2-5,8-12H2,1H3/t19?,20-,21+,22?,23-,24?/m1/s1. The Morgan fingerprint density at radius 2 is 2.21 bits per heavy atom. The van der Waals surface area contributed by atoms with Crippen molar-refractivity contribution in [1.29, 1.82) is 0 Å². The molecular weight excluding hydrogens is 354 g/mol. The zero-order valence-corrected chi connectivity index (χ0v) is 16.4. The molecular formula is C23H27NO4. The maximum atomic E-state index is 12.9. The maximum absolute atomic E-state index is 12.9. The molecule has 1 aromatic carbocycles. The molecule has 4 aliphatic carbocycles. The molecule has 28 heavy (non-hydrogen) atoms. The van der Waals surface area contributed by atoms with E-state index in [0.29, 0.717) is 19.4 Å². The molecule has 6 aliphatic rings. The summed E-state index contributed by atoms with van der Waals surface area (Å²) in [6.07, 6.45) is 5.99. The molecule has 148 valence electrons. The van der Waals surface area contributed by atoms with Crippen LogP contribution in [0.3, 0.4) is 0 Å². The molecule has 0 radical (unpaired) electrons. The second kappa shape index (κ2) is 4.76. The summed E-state index contributed by atoms with van der Waals surface area (Å²) < 4.78 is 12.4. The maximum Gasteiger partial charge on any atom is 0.174 e. The first-order chi connectivity index (χ1) is 13.6. The van der Waals surface area contributed by atoms with E-state index < -0.39 is 17.1 Å². The summed E-state index contributed by atoms with van der Waals surface area (Å²) in [6, 6.07) is 4.41. The van der Waals surface area contributed by atoms with E-state index in [0.717, 1.165) is 48.8 Å². The van der Waals surface area contributed by atoms with Crippen LogP contribution in [0.15, 0.2) is 12.1 Å². The lowest BCUT2D eigenvalue weighted by Gasteiger charge is -2.47. The second-order valence-electron chi connectivity index (χ2n) is 9.98. The Labute approximate surface area is 165 Å². The van der Waals surface area contributed by atoms with Gasteiger partial charge in [0.15, 0.2) is 23.4 Å². The van der Waals surface area contributed by atoms with Crippen molar-refractivity contribution in [2.75, 3.05) is 13.2 Å². The number of fused-ring (bicyclic) bond motifs is 1. The number of Topliss-reactive ketones (excluding diaryl/α,β-unsaturated/α-hetero) is 1. The fourth-order valence-electron chi connectivity index (χ4n) is 7.35. The lowest BCUT2D eigenvalue weighted by Crippen LogP contribution is -2.64. The highest BCUT2D eigenvalue weighted by molar-refractivity contribution is 5.92. The first-order valence-electron chi connectivity index (χ1n) is 11.1. The van der Waals surface area contributed by atoms with Crippen LogP contribution in [0.1, 0.15) is 63.0 Å². The summed E-state index contributed by atoms with van der Waals surface area (Å²) in [5.74, 6) is 2.44. The van der Waals surface area contributed by atoms with E-state index in [2.05, 4.69) is 17.9 Å². The van der Waals surface area contributed by atoms with Crippen LogP contribution in [0.2, 0.25) is 0 Å². The zero-order valence-electron chi connectivity index (χ0n) is 16.4. The van der Waals surface area contributed by atoms with Crippen LogP contribution >= 0.6 is 0 Å². The van der Waals surface area contributed by atoms with E-state index >= 15 is 0 Å². The Morgan fingerprint density at radius 3 is 3.00 bits per heavy atom. The van der Waals surface area contributed by atoms with Gasteiger partial charge in [-0.25, -0.2) is 0 Å². The van der Waals surface area contributed by atoms with E-state index in [1.807, 2.05) is 6.07 Å². The Kier molecular flexibility index (Phi) is 2.76. The predicted octanol–water partition coefficient (Wildman–Crippen LogP) is 2.67. The highest BCUT2D eigenvalue weighted by Gasteiger charge is 2.91. The van der Waals surface area contributed by atoms with Gasteiger partial charge in [-0.2, -0.15) is 0 Å². The first-order valence-corrected chi connectivity index (χ1v) is 11.1. The van der Waals surface area contributed by atoms with Gasteiger partial charge in [0.1, 0.15) is 0 Å². The van der Waals surface area contributed by atoms with Crippen molar-refractivity contribution >= 4 is 5.78 Å². The zero-order chi connectivity index (χ0) is 18.9. The number of ether oxygens (including phenoxy) is 2. The van der Waals surface area contributed by atoms with Crippen LogP contribution in [0.25, 0.3) is 0 Å². The van der Waals surface area contributed by atoms with Crippen LogP contribution in [0.4, 0.5) is 0 Å². The van der Waals surface area contributed by atoms with E-state index in [1.54, 1.807) is 0 Å². The van der Waals surface area contributed by atoms with E-state index in [9.17, 15) is 9.90 Å². The summed E-state index contributed by atoms with van der Waals surface area (Å²) in [5, 5.41) is 12.1. The summed E-state index contributed by atoms with van der Waals surface area (Å²) in [6.45, 7) is 3.89. The number of benzene rings is 1. The van der Waals surface area contributed by atoms with Gasteiger partial charge in [0.2, 0.25) is 0 Å². The third-order valence-corrected chi connectivity index (χ3v) is 8.65. The molecule has 5 nitrogen and oxygen atoms in total. The Morgan fingerprint density at radius 1 is 1.36 bits per heavy atom. The van der Waals surface area contributed by atoms with Gasteiger partial charge in [-0.15, -0.1) is 0 Å². The van der Waals surface area contributed by atoms with Gasteiger partial charge >= 0.3 is 0 Å². The molecule has 2 heterocycles. The van der Waals surface area contributed by atoms with Crippen LogP contribution in [-0.2, 0) is 15.7 Å². The monoisotopic (exact) mass is 381 g/mol. The lowest BCUT2D eigenvalue weighted by molar-refractivity contribution is -0.148. The number of piperidine rings is 1. The Balaban J connectivity index is 1.40. The lowest BCUT2D eigenvalue weighted by atomic mass is 9.59. The van der Waals surface area contributed by atoms with E-state index in [1.165, 1.54) is 18.4 Å². The second-order valence-corrected chi connectivity index (χ2v) is 9.98. The van der Waals surface area contributed by atoms with Gasteiger partial charge in [0.25, 0.3) is 0 Å². The predicted molar refractivity (Wildman–Crippen MR) is 102 cm³/mol. The van der Waals surface area contributed by atoms with Crippen molar-refractivity contribution in [3.05, 3.63) is 23.3 Å². The number of carbonyl (C=O) groups is 1. The normalized spacial score (nSPS) is 45.6. The highest BCUT2D eigenvalue weighted by atomic mass is 16.5. The van der Waals surface area contributed by atoms with E-state index in [-0.39, 0.29) is 17.4 Å². The molecule has 2 bridgehead atoms. The number of unbranched alkanes of at least 4 members (excludes halogenated alkanes) is 1. The van der Waals surface area contributed by atoms with Crippen molar-refractivity contribution < 1.29 is 19.4 Å². The molecule has 2 spiro atoms. The van der Waals surface area contributed by atoms with Crippen LogP contribution in [-0.4, -0.2) is 46.7 Å². The van der Waals surface area contributed by atoms with Crippen molar-refractivity contribution in [3.63, 3.8) is 0 Å². The number of likely N-dealkylation sites (tertiary alicyclic amines) is 1. The molecule has 0 aromatic heterocycles. The molecule has 6 atom stereocenters. The minimum atomic E-state index is -0.846. The van der Waals surface area contributed by atoms with Crippen molar-refractivity contribution in [2.45, 2.75) is 80.6 Å². The molecule has 5 heteroatoms. The molecule has 1 N–H and O–H groups in total. The molecule has 3 unspecified atom stereocenters. The van der Waals surface area contributed by atoms with Gasteiger partial charge < -0.3 is 14.6 Å². The van der Waals surface area contributed by atoms with E-state index in [4.69, 9.17) is 9.47 Å². The number of rotatable bonds is 6. The van der Waals surface area contributed by atoms with Crippen LogP contribution in [0.5, 0.6) is 11.5 Å². The molecule has 3 saturated carbocycles. The number of ketones is 1. The van der Waals surface area contributed by atoms with Crippen molar-refractivity contribution in [1.82, 2.24) is 4.90 Å². The minimum Gasteiger partial charge on any atom is -0.490 e.